The van der Waals surface area contributed by atoms with Gasteiger partial charge in [0.1, 0.15) is 6.04 Å². The summed E-state index contributed by atoms with van der Waals surface area (Å²) in [6, 6.07) is 18.0. The Morgan fingerprint density at radius 3 is 1.94 bits per heavy atom. The molecule has 1 aliphatic heterocycles. The van der Waals surface area contributed by atoms with Crippen LogP contribution in [0.2, 0.25) is 0 Å². The van der Waals surface area contributed by atoms with Gasteiger partial charge < -0.3 is 5.32 Å². The number of carbonyl (C=O) groups is 3. The summed E-state index contributed by atoms with van der Waals surface area (Å²) in [5, 5.41) is 2.28. The van der Waals surface area contributed by atoms with Crippen LogP contribution in [0.5, 0.6) is 0 Å². The van der Waals surface area contributed by atoms with E-state index in [9.17, 15) is 27.6 Å². The van der Waals surface area contributed by atoms with Crippen LogP contribution in [-0.4, -0.2) is 28.7 Å². The van der Waals surface area contributed by atoms with Gasteiger partial charge in [-0.1, -0.05) is 54.6 Å². The largest absolute Gasteiger partial charge is 0.418 e. The Kier molecular flexibility index (Phi) is 5.52. The number of benzene rings is 3. The van der Waals surface area contributed by atoms with Gasteiger partial charge in [0.2, 0.25) is 5.91 Å². The van der Waals surface area contributed by atoms with Crippen molar-refractivity contribution in [2.75, 3.05) is 5.32 Å². The Hall–Kier alpha value is -3.94. The second-order valence-electron chi connectivity index (χ2n) is 7.26. The summed E-state index contributed by atoms with van der Waals surface area (Å²) >= 11 is 0. The molecule has 0 spiro atoms. The number of halogens is 3. The van der Waals surface area contributed by atoms with Crippen LogP contribution in [0.1, 0.15) is 31.8 Å². The molecule has 162 valence electrons. The van der Waals surface area contributed by atoms with E-state index < -0.39 is 41.2 Å². The van der Waals surface area contributed by atoms with E-state index in [4.69, 9.17) is 0 Å². The molecule has 0 saturated heterocycles. The van der Waals surface area contributed by atoms with E-state index in [0.717, 1.165) is 17.0 Å². The van der Waals surface area contributed by atoms with Crippen molar-refractivity contribution in [2.45, 2.75) is 18.6 Å². The maximum atomic E-state index is 13.4. The van der Waals surface area contributed by atoms with Crippen LogP contribution in [0.4, 0.5) is 18.9 Å². The molecule has 3 amide bonds. The molecule has 1 N–H and O–H groups in total. The lowest BCUT2D eigenvalue weighted by molar-refractivity contribution is -0.137. The normalized spacial score (nSPS) is 14.3. The molecule has 3 aromatic carbocycles. The Morgan fingerprint density at radius 1 is 0.812 bits per heavy atom. The summed E-state index contributed by atoms with van der Waals surface area (Å²) in [7, 11) is 0. The molecular weight excluding hydrogens is 421 g/mol. The maximum Gasteiger partial charge on any atom is 0.418 e. The molecule has 0 aliphatic carbocycles. The van der Waals surface area contributed by atoms with Gasteiger partial charge in [0.05, 0.1) is 22.4 Å². The molecule has 1 heterocycles. The number of imide groups is 1. The van der Waals surface area contributed by atoms with Crippen molar-refractivity contribution in [3.05, 3.63) is 101 Å². The van der Waals surface area contributed by atoms with Crippen LogP contribution in [0.3, 0.4) is 0 Å². The number of anilines is 1. The zero-order valence-corrected chi connectivity index (χ0v) is 16.6. The summed E-state index contributed by atoms with van der Waals surface area (Å²) in [6.45, 7) is 0. The van der Waals surface area contributed by atoms with Gasteiger partial charge in [-0.3, -0.25) is 19.3 Å². The highest BCUT2D eigenvalue weighted by Crippen LogP contribution is 2.35. The first-order valence-corrected chi connectivity index (χ1v) is 9.75. The minimum absolute atomic E-state index is 0.0493. The zero-order chi connectivity index (χ0) is 22.9. The van der Waals surface area contributed by atoms with Gasteiger partial charge in [0, 0.05) is 6.42 Å². The topological polar surface area (TPSA) is 66.5 Å². The van der Waals surface area contributed by atoms with Crippen molar-refractivity contribution in [1.82, 2.24) is 4.90 Å². The number of hydrogen-bond donors (Lipinski definition) is 1. The molecule has 8 heteroatoms. The highest BCUT2D eigenvalue weighted by Gasteiger charge is 2.43. The Labute approximate surface area is 181 Å². The summed E-state index contributed by atoms with van der Waals surface area (Å²) in [6.07, 6.45) is -4.74. The van der Waals surface area contributed by atoms with Gasteiger partial charge in [-0.25, -0.2) is 0 Å². The molecule has 4 rings (SSSR count). The van der Waals surface area contributed by atoms with Crippen LogP contribution < -0.4 is 5.32 Å². The van der Waals surface area contributed by atoms with Crippen molar-refractivity contribution in [3.63, 3.8) is 0 Å². The van der Waals surface area contributed by atoms with E-state index in [1.807, 2.05) is 0 Å². The number of para-hydroxylation sites is 1. The minimum atomic E-state index is -4.69. The summed E-state index contributed by atoms with van der Waals surface area (Å²) in [5.74, 6) is -2.21. The number of fused-ring (bicyclic) bond motifs is 1. The molecule has 0 radical (unpaired) electrons. The monoisotopic (exact) mass is 438 g/mol. The third kappa shape index (κ3) is 3.99. The predicted octanol–water partition coefficient (Wildman–Crippen LogP) is 4.55. The number of nitrogens with zero attached hydrogens (tertiary/aromatic N) is 1. The Morgan fingerprint density at radius 2 is 1.34 bits per heavy atom. The molecule has 0 fully saturated rings. The lowest BCUT2D eigenvalue weighted by Crippen LogP contribution is -2.48. The smallest absolute Gasteiger partial charge is 0.324 e. The average Bonchev–Trinajstić information content (AvgIpc) is 3.03. The first kappa shape index (κ1) is 21.3. The standard InChI is InChI=1S/C24H17F3N2O3/c25-24(26,27)18-12-6-7-13-19(18)28-21(30)20(14-15-8-2-1-3-9-15)29-22(31)16-10-4-5-11-17(16)23(29)32/h1-13,20H,14H2,(H,28,30)/t20-/m1/s1. The van der Waals surface area contributed by atoms with Gasteiger partial charge in [0.25, 0.3) is 11.8 Å². The molecule has 0 unspecified atom stereocenters. The molecule has 5 nitrogen and oxygen atoms in total. The van der Waals surface area contributed by atoms with Crippen LogP contribution in [0, 0.1) is 0 Å². The summed E-state index contributed by atoms with van der Waals surface area (Å²) in [5.41, 5.74) is -0.514. The average molecular weight is 438 g/mol. The highest BCUT2D eigenvalue weighted by molar-refractivity contribution is 6.23. The first-order chi connectivity index (χ1) is 15.3. The lowest BCUT2D eigenvalue weighted by atomic mass is 10.0. The van der Waals surface area contributed by atoms with Crippen molar-refractivity contribution < 1.29 is 27.6 Å². The van der Waals surface area contributed by atoms with E-state index in [0.29, 0.717) is 5.56 Å². The summed E-state index contributed by atoms with van der Waals surface area (Å²) in [4.78, 5) is 40.0. The fourth-order valence-electron chi connectivity index (χ4n) is 3.68. The number of rotatable bonds is 5. The van der Waals surface area contributed by atoms with E-state index >= 15 is 0 Å². The Bertz CT molecular complexity index is 1160. The number of hydrogen-bond acceptors (Lipinski definition) is 3. The van der Waals surface area contributed by atoms with E-state index in [1.54, 1.807) is 42.5 Å². The van der Waals surface area contributed by atoms with Crippen molar-refractivity contribution >= 4 is 23.4 Å². The molecule has 0 bridgehead atoms. The molecule has 3 aromatic rings. The SMILES string of the molecule is O=C(Nc1ccccc1C(F)(F)F)[C@@H](Cc1ccccc1)N1C(=O)c2ccccc2C1=O. The van der Waals surface area contributed by atoms with Gasteiger partial charge in [-0.15, -0.1) is 0 Å². The van der Waals surface area contributed by atoms with Gasteiger partial charge >= 0.3 is 6.18 Å². The molecule has 0 saturated carbocycles. The molecule has 1 aliphatic rings. The lowest BCUT2D eigenvalue weighted by Gasteiger charge is -2.26. The van der Waals surface area contributed by atoms with Crippen LogP contribution in [0.25, 0.3) is 0 Å². The molecule has 0 aromatic heterocycles. The van der Waals surface area contributed by atoms with Gasteiger partial charge in [-0.05, 0) is 29.8 Å². The van der Waals surface area contributed by atoms with Gasteiger partial charge in [-0.2, -0.15) is 13.2 Å². The maximum absolute atomic E-state index is 13.4. The Balaban J connectivity index is 1.71. The molecule has 1 atom stereocenters. The number of amides is 3. The van der Waals surface area contributed by atoms with Crippen molar-refractivity contribution in [3.8, 4) is 0 Å². The first-order valence-electron chi connectivity index (χ1n) is 9.75. The van der Waals surface area contributed by atoms with E-state index in [-0.39, 0.29) is 17.5 Å². The third-order valence-corrected chi connectivity index (χ3v) is 5.20. The fraction of sp³-hybridized carbons (Fsp3) is 0.125. The number of alkyl halides is 3. The van der Waals surface area contributed by atoms with Crippen LogP contribution >= 0.6 is 0 Å². The van der Waals surface area contributed by atoms with Crippen LogP contribution in [-0.2, 0) is 17.4 Å². The predicted molar refractivity (Wildman–Crippen MR) is 111 cm³/mol. The minimum Gasteiger partial charge on any atom is -0.324 e. The zero-order valence-electron chi connectivity index (χ0n) is 16.6. The number of nitrogens with one attached hydrogen (secondary N) is 1. The second kappa shape index (κ2) is 8.30. The second-order valence-corrected chi connectivity index (χ2v) is 7.26. The molecular formula is C24H17F3N2O3. The molecule has 32 heavy (non-hydrogen) atoms. The van der Waals surface area contributed by atoms with Crippen molar-refractivity contribution in [2.24, 2.45) is 0 Å². The van der Waals surface area contributed by atoms with E-state index in [1.165, 1.54) is 24.3 Å². The van der Waals surface area contributed by atoms with Crippen LogP contribution in [0.15, 0.2) is 78.9 Å². The fourth-order valence-corrected chi connectivity index (χ4v) is 3.68. The third-order valence-electron chi connectivity index (χ3n) is 5.20. The number of carbonyl (C=O) groups excluding carboxylic acids is 3. The van der Waals surface area contributed by atoms with E-state index in [2.05, 4.69) is 5.32 Å². The highest BCUT2D eigenvalue weighted by atomic mass is 19.4. The van der Waals surface area contributed by atoms with Gasteiger partial charge in [0.15, 0.2) is 0 Å². The van der Waals surface area contributed by atoms with Crippen molar-refractivity contribution in [1.29, 1.82) is 0 Å². The quantitative estimate of drug-likeness (QED) is 0.595. The summed E-state index contributed by atoms with van der Waals surface area (Å²) < 4.78 is 40.1.